The zero-order chi connectivity index (χ0) is 4.99. The lowest BCUT2D eigenvalue weighted by Crippen LogP contribution is -1.48. The molecule has 0 atom stereocenters. The van der Waals surface area contributed by atoms with Gasteiger partial charge in [0, 0.05) is 13.5 Å². The molecule has 8 heavy (non-hydrogen) atoms. The topological polar surface area (TPSA) is 34.1 Å². The van der Waals surface area contributed by atoms with Crippen LogP contribution in [-0.2, 0) is 9.88 Å². The van der Waals surface area contributed by atoms with Gasteiger partial charge in [-0.15, -0.1) is 24.8 Å². The van der Waals surface area contributed by atoms with Crippen LogP contribution in [0.5, 0.6) is 0 Å². The lowest BCUT2D eigenvalue weighted by Gasteiger charge is -1.56. The first kappa shape index (κ1) is 15.9. The smallest absolute Gasteiger partial charge is 0.180 e. The third-order valence-electron chi connectivity index (χ3n) is 0.235. The molecular formula is C2H7Cl2O2PS. The van der Waals surface area contributed by atoms with Crippen molar-refractivity contribution < 1.29 is 8.42 Å². The van der Waals surface area contributed by atoms with Crippen molar-refractivity contribution in [1.82, 2.24) is 0 Å². The molecular weight excluding hydrogens is 190 g/mol. The maximum Gasteiger partial charge on any atom is 0.234 e. The van der Waals surface area contributed by atoms with Crippen LogP contribution in [0.25, 0.3) is 0 Å². The predicted molar refractivity (Wildman–Crippen MR) is 40.9 cm³/mol. The fraction of sp³-hybridized carbons (Fsp3) is 1.00. The van der Waals surface area contributed by atoms with Gasteiger partial charge in [0.1, 0.15) is 0 Å². The summed E-state index contributed by atoms with van der Waals surface area (Å²) in [5.74, 6) is 0. The summed E-state index contributed by atoms with van der Waals surface area (Å²) in [4.78, 5) is 0. The second kappa shape index (κ2) is 10.6. The first-order valence-corrected chi connectivity index (χ1v) is 4.30. The number of rotatable bonds is 1. The Balaban J connectivity index is -0.000000125. The zero-order valence-electron chi connectivity index (χ0n) is 4.20. The fourth-order valence-electron chi connectivity index (χ4n) is 0.105. The van der Waals surface area contributed by atoms with Gasteiger partial charge in [0.15, 0.2) is 0 Å². The van der Waals surface area contributed by atoms with Crippen molar-refractivity contribution in [2.75, 3.05) is 6.16 Å². The van der Waals surface area contributed by atoms with Crippen LogP contribution < -0.4 is 0 Å². The van der Waals surface area contributed by atoms with Crippen LogP contribution in [0.3, 0.4) is 0 Å². The number of hydrogen-bond acceptors (Lipinski definition) is 2. The van der Waals surface area contributed by atoms with E-state index in [-0.39, 0.29) is 24.8 Å². The van der Waals surface area contributed by atoms with Gasteiger partial charge < -0.3 is 0 Å². The molecule has 0 aromatic rings. The third kappa shape index (κ3) is 15.9. The monoisotopic (exact) mass is 196 g/mol. The first-order chi connectivity index (χ1) is 2.77. The molecule has 0 bridgehead atoms. The van der Waals surface area contributed by atoms with Crippen LogP contribution in [0.4, 0.5) is 0 Å². The van der Waals surface area contributed by atoms with Crippen molar-refractivity contribution in [1.29, 1.82) is 0 Å². The standard InChI is InChI=1S/C2H5O2PS.2ClH/c1-2-5-6(3)4;;/h2H2,1H3;2*1H. The molecule has 0 aliphatic carbocycles. The summed E-state index contributed by atoms with van der Waals surface area (Å²) < 4.78 is 19.2. The maximum atomic E-state index is 9.59. The van der Waals surface area contributed by atoms with Gasteiger partial charge in [-0.1, -0.05) is 6.92 Å². The molecule has 0 saturated heterocycles. The van der Waals surface area contributed by atoms with Gasteiger partial charge >= 0.3 is 0 Å². The molecule has 0 aromatic heterocycles. The van der Waals surface area contributed by atoms with E-state index in [4.69, 9.17) is 0 Å². The van der Waals surface area contributed by atoms with Crippen LogP contribution >= 0.6 is 32.2 Å². The van der Waals surface area contributed by atoms with Crippen molar-refractivity contribution >= 4 is 42.1 Å². The van der Waals surface area contributed by atoms with E-state index in [1.165, 1.54) is 0 Å². The Morgan fingerprint density at radius 1 is 1.38 bits per heavy atom. The Morgan fingerprint density at radius 3 is 1.75 bits per heavy atom. The SMILES string of the molecule is CCP=S(=O)=O.Cl.Cl. The van der Waals surface area contributed by atoms with E-state index in [9.17, 15) is 8.42 Å². The third-order valence-corrected chi connectivity index (χ3v) is 2.11. The summed E-state index contributed by atoms with van der Waals surface area (Å²) in [6, 6.07) is 0. The van der Waals surface area contributed by atoms with E-state index < -0.39 is 9.88 Å². The molecule has 0 rings (SSSR count). The summed E-state index contributed by atoms with van der Waals surface area (Å²) in [7, 11) is -1.35. The average molecular weight is 197 g/mol. The summed E-state index contributed by atoms with van der Waals surface area (Å²) >= 11 is 0. The highest BCUT2D eigenvalue weighted by Gasteiger charge is 1.62. The molecule has 0 amide bonds. The largest absolute Gasteiger partial charge is 0.234 e. The van der Waals surface area contributed by atoms with Gasteiger partial charge in [-0.25, -0.2) is 0 Å². The fourth-order valence-corrected chi connectivity index (χ4v) is 0.949. The quantitative estimate of drug-likeness (QED) is 0.598. The highest BCUT2D eigenvalue weighted by molar-refractivity contribution is 8.04. The van der Waals surface area contributed by atoms with E-state index >= 15 is 0 Å². The Labute approximate surface area is 63.9 Å². The molecule has 0 aliphatic rings. The van der Waals surface area contributed by atoms with E-state index in [1.54, 1.807) is 0 Å². The van der Waals surface area contributed by atoms with Crippen LogP contribution in [-0.4, -0.2) is 14.6 Å². The summed E-state index contributed by atoms with van der Waals surface area (Å²) in [5.41, 5.74) is 0. The van der Waals surface area contributed by atoms with Crippen molar-refractivity contribution in [2.45, 2.75) is 6.92 Å². The Bertz CT molecular complexity index is 132. The van der Waals surface area contributed by atoms with Gasteiger partial charge in [0.25, 0.3) is 0 Å². The molecule has 0 aliphatic heterocycles. The van der Waals surface area contributed by atoms with Gasteiger partial charge in [-0.3, -0.25) is 0 Å². The minimum Gasteiger partial charge on any atom is -0.180 e. The molecule has 0 heterocycles. The minimum absolute atomic E-state index is 0. The van der Waals surface area contributed by atoms with E-state index in [1.807, 2.05) is 6.92 Å². The molecule has 0 spiro atoms. The highest BCUT2D eigenvalue weighted by atomic mass is 35.5. The van der Waals surface area contributed by atoms with Crippen LogP contribution in [0.1, 0.15) is 6.92 Å². The first-order valence-electron chi connectivity index (χ1n) is 1.54. The molecule has 0 aromatic carbocycles. The van der Waals surface area contributed by atoms with Gasteiger partial charge in [-0.05, 0) is 0 Å². The summed E-state index contributed by atoms with van der Waals surface area (Å²) in [6.07, 6.45) is 0.691. The number of hydrogen-bond donors (Lipinski definition) is 0. The van der Waals surface area contributed by atoms with Gasteiger partial charge in [0.05, 0.1) is 0 Å². The van der Waals surface area contributed by atoms with E-state index in [0.29, 0.717) is 13.5 Å². The Morgan fingerprint density at radius 2 is 1.75 bits per heavy atom. The summed E-state index contributed by atoms with van der Waals surface area (Å²) in [6.45, 7) is 1.82. The molecule has 0 saturated carbocycles. The Kier molecular flexibility index (Phi) is 21.1. The van der Waals surface area contributed by atoms with E-state index in [2.05, 4.69) is 0 Å². The van der Waals surface area contributed by atoms with Crippen LogP contribution in [0.2, 0.25) is 0 Å². The van der Waals surface area contributed by atoms with Crippen LogP contribution in [0, 0.1) is 0 Å². The molecule has 0 unspecified atom stereocenters. The van der Waals surface area contributed by atoms with Crippen molar-refractivity contribution in [3.63, 3.8) is 0 Å². The molecule has 0 fully saturated rings. The van der Waals surface area contributed by atoms with Gasteiger partial charge in [-0.2, -0.15) is 8.42 Å². The molecule has 6 heteroatoms. The predicted octanol–water partition coefficient (Wildman–Crippen LogP) is 1.59. The van der Waals surface area contributed by atoms with E-state index in [0.717, 1.165) is 0 Å². The lowest BCUT2D eigenvalue weighted by molar-refractivity contribution is 0.628. The molecule has 52 valence electrons. The zero-order valence-corrected chi connectivity index (χ0v) is 7.54. The summed E-state index contributed by atoms with van der Waals surface area (Å²) in [5, 5.41) is 0. The van der Waals surface area contributed by atoms with Crippen molar-refractivity contribution in [2.24, 2.45) is 0 Å². The maximum absolute atomic E-state index is 9.59. The van der Waals surface area contributed by atoms with Crippen molar-refractivity contribution in [3.8, 4) is 0 Å². The molecule has 2 nitrogen and oxygen atoms in total. The second-order valence-corrected chi connectivity index (χ2v) is 3.66. The second-order valence-electron chi connectivity index (χ2n) is 0.662. The average Bonchev–Trinajstić information content (AvgIpc) is 1.35. The highest BCUT2D eigenvalue weighted by Crippen LogP contribution is 1.88. The number of halogens is 2. The Hall–Kier alpha value is 0.700. The molecule has 0 N–H and O–H groups in total. The lowest BCUT2D eigenvalue weighted by atomic mass is 11.0. The minimum atomic E-state index is -1.84. The molecule has 0 radical (unpaired) electrons. The van der Waals surface area contributed by atoms with Crippen molar-refractivity contribution in [3.05, 3.63) is 0 Å². The normalized spacial score (nSPS) is 6.62. The van der Waals surface area contributed by atoms with Gasteiger partial charge in [0.2, 0.25) is 9.88 Å². The van der Waals surface area contributed by atoms with Crippen LogP contribution in [0.15, 0.2) is 0 Å².